The molecule has 0 aliphatic carbocycles. The van der Waals surface area contributed by atoms with E-state index in [1.54, 1.807) is 36.4 Å². The third-order valence-electron chi connectivity index (χ3n) is 6.10. The Bertz CT molecular complexity index is 1240. The van der Waals surface area contributed by atoms with E-state index in [0.717, 1.165) is 18.7 Å². The Morgan fingerprint density at radius 1 is 0.795 bits per heavy atom. The molecule has 2 aromatic rings. The van der Waals surface area contributed by atoms with E-state index in [4.69, 9.17) is 28.4 Å². The molecule has 0 N–H and O–H groups in total. The summed E-state index contributed by atoms with van der Waals surface area (Å²) in [6.07, 6.45) is -5.42. The predicted octanol–water partition coefficient (Wildman–Crippen LogP) is 1.89. The molecule has 2 aliphatic rings. The van der Waals surface area contributed by atoms with E-state index in [0.29, 0.717) is 5.75 Å². The summed E-state index contributed by atoms with van der Waals surface area (Å²) in [4.78, 5) is 63.8. The first-order valence-electron chi connectivity index (χ1n) is 12.0. The van der Waals surface area contributed by atoms with Gasteiger partial charge in [-0.15, -0.1) is 0 Å². The summed E-state index contributed by atoms with van der Waals surface area (Å²) >= 11 is 0. The molecule has 206 valence electrons. The number of carbonyl (C=O) groups is 5. The van der Waals surface area contributed by atoms with Crippen molar-refractivity contribution in [3.8, 4) is 11.5 Å². The van der Waals surface area contributed by atoms with Crippen LogP contribution in [0.15, 0.2) is 48.5 Å². The van der Waals surface area contributed by atoms with Crippen molar-refractivity contribution in [2.75, 3.05) is 13.7 Å². The molecule has 2 aliphatic heterocycles. The highest BCUT2D eigenvalue weighted by atomic mass is 16.7. The summed E-state index contributed by atoms with van der Waals surface area (Å²) in [5.41, 5.74) is 0.275. The van der Waals surface area contributed by atoms with Crippen LogP contribution in [0, 0.1) is 0 Å². The Morgan fingerprint density at radius 2 is 1.33 bits per heavy atom. The number of carbonyl (C=O) groups excluding carboxylic acids is 5. The number of ether oxygens (including phenoxy) is 6. The van der Waals surface area contributed by atoms with E-state index in [1.807, 2.05) is 0 Å². The minimum atomic E-state index is -1.44. The number of esters is 3. The Labute approximate surface area is 223 Å². The average molecular weight is 542 g/mol. The van der Waals surface area contributed by atoms with E-state index >= 15 is 0 Å². The maximum absolute atomic E-state index is 13.5. The molecule has 0 aromatic heterocycles. The van der Waals surface area contributed by atoms with Crippen molar-refractivity contribution in [3.05, 3.63) is 59.7 Å². The summed E-state index contributed by atoms with van der Waals surface area (Å²) in [7, 11) is 1.50. The van der Waals surface area contributed by atoms with Gasteiger partial charge in [0.2, 0.25) is 6.29 Å². The van der Waals surface area contributed by atoms with Crippen molar-refractivity contribution in [2.45, 2.75) is 51.4 Å². The maximum atomic E-state index is 13.5. The quantitative estimate of drug-likeness (QED) is 0.274. The van der Waals surface area contributed by atoms with Crippen molar-refractivity contribution in [1.82, 2.24) is 4.90 Å². The second kappa shape index (κ2) is 11.5. The summed E-state index contributed by atoms with van der Waals surface area (Å²) in [6, 6.07) is 11.2. The molecule has 0 saturated carbocycles. The molecule has 39 heavy (non-hydrogen) atoms. The number of benzene rings is 2. The highest BCUT2D eigenvalue weighted by Gasteiger charge is 2.57. The van der Waals surface area contributed by atoms with Crippen LogP contribution in [0.5, 0.6) is 11.5 Å². The number of imide groups is 1. The van der Waals surface area contributed by atoms with Crippen molar-refractivity contribution >= 4 is 29.7 Å². The van der Waals surface area contributed by atoms with Crippen molar-refractivity contribution in [2.24, 2.45) is 0 Å². The summed E-state index contributed by atoms with van der Waals surface area (Å²) in [6.45, 7) is 3.04. The Balaban J connectivity index is 1.81. The van der Waals surface area contributed by atoms with Gasteiger partial charge in [-0.05, 0) is 36.4 Å². The molecule has 12 nitrogen and oxygen atoms in total. The molecule has 2 heterocycles. The molecule has 4 rings (SSSR count). The van der Waals surface area contributed by atoms with Crippen molar-refractivity contribution in [3.63, 3.8) is 0 Å². The first-order chi connectivity index (χ1) is 18.6. The number of nitrogens with zero attached hydrogens (tertiary/aromatic N) is 1. The third-order valence-corrected chi connectivity index (χ3v) is 6.10. The normalized spacial score (nSPS) is 24.0. The van der Waals surface area contributed by atoms with E-state index in [-0.39, 0.29) is 16.9 Å². The van der Waals surface area contributed by atoms with Crippen molar-refractivity contribution < 1.29 is 52.4 Å². The topological polar surface area (TPSA) is 144 Å². The molecule has 0 radical (unpaired) electrons. The Hall–Kier alpha value is -4.45. The number of rotatable bonds is 8. The van der Waals surface area contributed by atoms with E-state index in [1.165, 1.54) is 26.2 Å². The largest absolute Gasteiger partial charge is 0.497 e. The fraction of sp³-hybridized carbons (Fsp3) is 0.370. The molecular weight excluding hydrogens is 514 g/mol. The van der Waals surface area contributed by atoms with Crippen LogP contribution in [-0.4, -0.2) is 79.0 Å². The van der Waals surface area contributed by atoms with E-state index in [2.05, 4.69) is 0 Å². The molecule has 0 unspecified atom stereocenters. The SMILES string of the molecule is COc1ccc(O[C@H]2O[C@H](COC(C)=O)[C@@H](OC(C)=O)[C@H](OC(C)=O)[C@H]2N2C(=O)c3ccccc3C2=O)cc1. The minimum absolute atomic E-state index is 0.137. The molecule has 12 heteroatoms. The second-order valence-corrected chi connectivity index (χ2v) is 8.80. The number of methoxy groups -OCH3 is 1. The highest BCUT2D eigenvalue weighted by molar-refractivity contribution is 6.21. The van der Waals surface area contributed by atoms with Crippen LogP contribution in [-0.2, 0) is 33.3 Å². The molecule has 0 bridgehead atoms. The zero-order valence-electron chi connectivity index (χ0n) is 21.7. The maximum Gasteiger partial charge on any atom is 0.303 e. The minimum Gasteiger partial charge on any atom is -0.497 e. The van der Waals surface area contributed by atoms with Crippen LogP contribution >= 0.6 is 0 Å². The van der Waals surface area contributed by atoms with Gasteiger partial charge in [0.15, 0.2) is 12.2 Å². The smallest absolute Gasteiger partial charge is 0.303 e. The lowest BCUT2D eigenvalue weighted by molar-refractivity contribution is -0.265. The molecule has 2 aromatic carbocycles. The van der Waals surface area contributed by atoms with Gasteiger partial charge in [-0.3, -0.25) is 28.9 Å². The Morgan fingerprint density at radius 3 is 1.85 bits per heavy atom. The second-order valence-electron chi connectivity index (χ2n) is 8.80. The molecule has 1 fully saturated rings. The summed E-state index contributed by atoms with van der Waals surface area (Å²) in [5, 5.41) is 0. The standard InChI is InChI=1S/C27H27NO11/c1-14(29)35-13-21-23(36-15(2)30)24(37-16(3)31)22(27(39-21)38-18-11-9-17(34-4)10-12-18)28-25(32)19-7-5-6-8-20(19)26(28)33/h5-12,21-24,27H,13H2,1-4H3/t21-,22-,23-,24-,27+/m1/s1. The molecular formula is C27H27NO11. The monoisotopic (exact) mass is 541 g/mol. The van der Waals surface area contributed by atoms with Crippen LogP contribution < -0.4 is 9.47 Å². The highest BCUT2D eigenvalue weighted by Crippen LogP contribution is 2.36. The van der Waals surface area contributed by atoms with E-state index < -0.39 is 67.0 Å². The molecule has 1 saturated heterocycles. The van der Waals surface area contributed by atoms with Gasteiger partial charge < -0.3 is 28.4 Å². The van der Waals surface area contributed by atoms with Crippen LogP contribution in [0.4, 0.5) is 0 Å². The van der Waals surface area contributed by atoms with Gasteiger partial charge in [-0.1, -0.05) is 12.1 Å². The van der Waals surface area contributed by atoms with Crippen LogP contribution in [0.3, 0.4) is 0 Å². The molecule has 5 atom stereocenters. The number of hydrogen-bond donors (Lipinski definition) is 0. The van der Waals surface area contributed by atoms with Crippen molar-refractivity contribution in [1.29, 1.82) is 0 Å². The van der Waals surface area contributed by atoms with E-state index in [9.17, 15) is 24.0 Å². The van der Waals surface area contributed by atoms with Gasteiger partial charge in [0, 0.05) is 20.8 Å². The zero-order valence-corrected chi connectivity index (χ0v) is 21.7. The van der Waals surface area contributed by atoms with Gasteiger partial charge in [0.25, 0.3) is 11.8 Å². The van der Waals surface area contributed by atoms with Crippen LogP contribution in [0.25, 0.3) is 0 Å². The summed E-state index contributed by atoms with van der Waals surface area (Å²) < 4.78 is 33.5. The summed E-state index contributed by atoms with van der Waals surface area (Å²) in [5.74, 6) is -2.72. The van der Waals surface area contributed by atoms with Gasteiger partial charge in [0.05, 0.1) is 18.2 Å². The fourth-order valence-corrected chi connectivity index (χ4v) is 4.52. The lowest BCUT2D eigenvalue weighted by Crippen LogP contribution is -2.68. The zero-order chi connectivity index (χ0) is 28.3. The molecule has 0 spiro atoms. The fourth-order valence-electron chi connectivity index (χ4n) is 4.52. The van der Waals surface area contributed by atoms with Gasteiger partial charge >= 0.3 is 17.9 Å². The lowest BCUT2D eigenvalue weighted by atomic mass is 9.94. The first-order valence-corrected chi connectivity index (χ1v) is 12.0. The van der Waals surface area contributed by atoms with Gasteiger partial charge in [0.1, 0.15) is 30.3 Å². The third kappa shape index (κ3) is 5.85. The number of hydrogen-bond acceptors (Lipinski definition) is 11. The lowest BCUT2D eigenvalue weighted by Gasteiger charge is -2.46. The first kappa shape index (κ1) is 27.6. The van der Waals surface area contributed by atoms with Gasteiger partial charge in [-0.25, -0.2) is 0 Å². The predicted molar refractivity (Wildman–Crippen MR) is 131 cm³/mol. The Kier molecular flexibility index (Phi) is 8.15. The number of fused-ring (bicyclic) bond motifs is 1. The van der Waals surface area contributed by atoms with Gasteiger partial charge in [-0.2, -0.15) is 0 Å². The number of amides is 2. The van der Waals surface area contributed by atoms with Crippen LogP contribution in [0.1, 0.15) is 41.5 Å². The van der Waals surface area contributed by atoms with Crippen LogP contribution in [0.2, 0.25) is 0 Å². The molecule has 2 amide bonds. The average Bonchev–Trinajstić information content (AvgIpc) is 3.14.